The minimum atomic E-state index is -0.355. The van der Waals surface area contributed by atoms with Gasteiger partial charge in [0.05, 0.1) is 31.8 Å². The maximum atomic E-state index is 12.8. The Bertz CT molecular complexity index is 376. The van der Waals surface area contributed by atoms with E-state index < -0.39 is 0 Å². The zero-order valence-corrected chi connectivity index (χ0v) is 15.7. The summed E-state index contributed by atoms with van der Waals surface area (Å²) in [4.78, 5) is 17.4. The van der Waals surface area contributed by atoms with Crippen molar-refractivity contribution in [1.29, 1.82) is 0 Å². The van der Waals surface area contributed by atoms with Gasteiger partial charge in [-0.2, -0.15) is 0 Å². The fourth-order valence-corrected chi connectivity index (χ4v) is 3.25. The van der Waals surface area contributed by atoms with Crippen LogP contribution in [0, 0.1) is 11.3 Å². The Morgan fingerprint density at radius 1 is 1.21 bits per heavy atom. The number of carbonyl (C=O) groups excluding carboxylic acids is 1. The highest BCUT2D eigenvalue weighted by atomic mass is 16.5. The third-order valence-electron chi connectivity index (χ3n) is 5.13. The molecule has 2 saturated heterocycles. The molecule has 2 fully saturated rings. The highest BCUT2D eigenvalue weighted by Gasteiger charge is 2.41. The van der Waals surface area contributed by atoms with E-state index in [4.69, 9.17) is 9.47 Å². The van der Waals surface area contributed by atoms with Gasteiger partial charge in [0.2, 0.25) is 5.91 Å². The smallest absolute Gasteiger partial charge is 0.228 e. The number of nitrogens with zero attached hydrogens (tertiary/aromatic N) is 2. The highest BCUT2D eigenvalue weighted by molar-refractivity contribution is 5.83. The number of ether oxygens (including phenoxy) is 2. The second-order valence-corrected chi connectivity index (χ2v) is 7.69. The third kappa shape index (κ3) is 5.99. The zero-order chi connectivity index (χ0) is 17.4. The van der Waals surface area contributed by atoms with E-state index in [2.05, 4.69) is 36.0 Å². The molecule has 2 aliphatic rings. The minimum absolute atomic E-state index is 0.177. The van der Waals surface area contributed by atoms with Crippen LogP contribution >= 0.6 is 0 Å². The van der Waals surface area contributed by atoms with Crippen molar-refractivity contribution in [1.82, 2.24) is 15.1 Å². The van der Waals surface area contributed by atoms with Crippen LogP contribution in [0.5, 0.6) is 0 Å². The summed E-state index contributed by atoms with van der Waals surface area (Å²) in [6.07, 6.45) is 1.76. The SMILES string of the molecule is CC(C)CNC(=O)C1(COCCN2CCOCC2)CCN(C)CC1. The van der Waals surface area contributed by atoms with Gasteiger partial charge in [0.25, 0.3) is 0 Å². The molecular weight excluding hydrogens is 306 g/mol. The Morgan fingerprint density at radius 3 is 2.50 bits per heavy atom. The summed E-state index contributed by atoms with van der Waals surface area (Å²) in [6, 6.07) is 0. The normalized spacial score (nSPS) is 22.7. The number of morpholine rings is 1. The molecule has 6 heteroatoms. The van der Waals surface area contributed by atoms with Crippen molar-refractivity contribution < 1.29 is 14.3 Å². The topological polar surface area (TPSA) is 54.0 Å². The van der Waals surface area contributed by atoms with Gasteiger partial charge in [-0.1, -0.05) is 13.8 Å². The summed E-state index contributed by atoms with van der Waals surface area (Å²) < 4.78 is 11.3. The molecule has 0 unspecified atom stereocenters. The predicted octanol–water partition coefficient (Wildman–Crippen LogP) is 0.819. The van der Waals surface area contributed by atoms with Crippen LogP contribution in [0.1, 0.15) is 26.7 Å². The van der Waals surface area contributed by atoms with Crippen LogP contribution in [-0.2, 0) is 14.3 Å². The summed E-state index contributed by atoms with van der Waals surface area (Å²) in [5, 5.41) is 3.13. The van der Waals surface area contributed by atoms with E-state index in [0.29, 0.717) is 19.1 Å². The predicted molar refractivity (Wildman–Crippen MR) is 95.1 cm³/mol. The van der Waals surface area contributed by atoms with Crippen molar-refractivity contribution in [3.05, 3.63) is 0 Å². The lowest BCUT2D eigenvalue weighted by Gasteiger charge is -2.39. The lowest BCUT2D eigenvalue weighted by molar-refractivity contribution is -0.139. The summed E-state index contributed by atoms with van der Waals surface area (Å²) >= 11 is 0. The molecule has 0 radical (unpaired) electrons. The molecule has 0 bridgehead atoms. The minimum Gasteiger partial charge on any atom is -0.379 e. The van der Waals surface area contributed by atoms with Gasteiger partial charge in [0.15, 0.2) is 0 Å². The third-order valence-corrected chi connectivity index (χ3v) is 5.13. The highest BCUT2D eigenvalue weighted by Crippen LogP contribution is 2.32. The van der Waals surface area contributed by atoms with Crippen molar-refractivity contribution in [2.24, 2.45) is 11.3 Å². The second-order valence-electron chi connectivity index (χ2n) is 7.69. The molecule has 0 atom stereocenters. The maximum Gasteiger partial charge on any atom is 0.228 e. The molecule has 140 valence electrons. The van der Waals surface area contributed by atoms with Crippen LogP contribution in [0.4, 0.5) is 0 Å². The lowest BCUT2D eigenvalue weighted by atomic mass is 9.78. The largest absolute Gasteiger partial charge is 0.379 e. The van der Waals surface area contributed by atoms with Crippen molar-refractivity contribution in [2.75, 3.05) is 72.7 Å². The van der Waals surface area contributed by atoms with Crippen LogP contribution in [0.25, 0.3) is 0 Å². The van der Waals surface area contributed by atoms with Gasteiger partial charge in [0, 0.05) is 26.2 Å². The van der Waals surface area contributed by atoms with Crippen molar-refractivity contribution in [3.63, 3.8) is 0 Å². The van der Waals surface area contributed by atoms with Gasteiger partial charge in [-0.15, -0.1) is 0 Å². The van der Waals surface area contributed by atoms with E-state index >= 15 is 0 Å². The summed E-state index contributed by atoms with van der Waals surface area (Å²) in [6.45, 7) is 12.6. The quantitative estimate of drug-likeness (QED) is 0.663. The summed E-state index contributed by atoms with van der Waals surface area (Å²) in [5.41, 5.74) is -0.355. The number of hydrogen-bond acceptors (Lipinski definition) is 5. The van der Waals surface area contributed by atoms with E-state index in [1.807, 2.05) is 0 Å². The Balaban J connectivity index is 1.80. The Morgan fingerprint density at radius 2 is 1.88 bits per heavy atom. The molecule has 2 rings (SSSR count). The molecule has 0 spiro atoms. The van der Waals surface area contributed by atoms with Crippen LogP contribution in [0.2, 0.25) is 0 Å². The average Bonchev–Trinajstić information content (AvgIpc) is 2.59. The van der Waals surface area contributed by atoms with Gasteiger partial charge in [-0.3, -0.25) is 9.69 Å². The molecule has 2 aliphatic heterocycles. The number of carbonyl (C=O) groups is 1. The number of hydrogen-bond donors (Lipinski definition) is 1. The number of amides is 1. The van der Waals surface area contributed by atoms with Gasteiger partial charge in [-0.25, -0.2) is 0 Å². The molecule has 0 aromatic heterocycles. The summed E-state index contributed by atoms with van der Waals surface area (Å²) in [7, 11) is 2.12. The first kappa shape index (κ1) is 19.6. The van der Waals surface area contributed by atoms with E-state index in [1.54, 1.807) is 0 Å². The first-order chi connectivity index (χ1) is 11.5. The molecule has 2 heterocycles. The second kappa shape index (κ2) is 9.70. The van der Waals surface area contributed by atoms with E-state index in [0.717, 1.165) is 65.3 Å². The van der Waals surface area contributed by atoms with Gasteiger partial charge in [-0.05, 0) is 38.9 Å². The molecular formula is C18H35N3O3. The average molecular weight is 341 g/mol. The number of rotatable bonds is 8. The van der Waals surface area contributed by atoms with Crippen molar-refractivity contribution in [3.8, 4) is 0 Å². The Hall–Kier alpha value is -0.690. The zero-order valence-electron chi connectivity index (χ0n) is 15.7. The number of likely N-dealkylation sites (tertiary alicyclic amines) is 1. The molecule has 0 aliphatic carbocycles. The van der Waals surface area contributed by atoms with Crippen LogP contribution in [0.15, 0.2) is 0 Å². The van der Waals surface area contributed by atoms with Gasteiger partial charge >= 0.3 is 0 Å². The maximum absolute atomic E-state index is 12.8. The van der Waals surface area contributed by atoms with E-state index in [1.165, 1.54) is 0 Å². The van der Waals surface area contributed by atoms with E-state index in [-0.39, 0.29) is 11.3 Å². The van der Waals surface area contributed by atoms with Crippen molar-refractivity contribution >= 4 is 5.91 Å². The van der Waals surface area contributed by atoms with E-state index in [9.17, 15) is 4.79 Å². The number of piperidine rings is 1. The molecule has 0 aromatic rings. The molecule has 0 aromatic carbocycles. The van der Waals surface area contributed by atoms with Crippen LogP contribution < -0.4 is 5.32 Å². The Labute approximate surface area is 146 Å². The summed E-state index contributed by atoms with van der Waals surface area (Å²) in [5.74, 6) is 0.648. The lowest BCUT2D eigenvalue weighted by Crippen LogP contribution is -2.51. The molecule has 24 heavy (non-hydrogen) atoms. The molecule has 0 saturated carbocycles. The van der Waals surface area contributed by atoms with Gasteiger partial charge in [0.1, 0.15) is 0 Å². The number of nitrogens with one attached hydrogen (secondary N) is 1. The molecule has 1 amide bonds. The fourth-order valence-electron chi connectivity index (χ4n) is 3.25. The molecule has 6 nitrogen and oxygen atoms in total. The van der Waals surface area contributed by atoms with Gasteiger partial charge < -0.3 is 19.7 Å². The van der Waals surface area contributed by atoms with Crippen molar-refractivity contribution in [2.45, 2.75) is 26.7 Å². The first-order valence-electron chi connectivity index (χ1n) is 9.36. The fraction of sp³-hybridized carbons (Fsp3) is 0.944. The van der Waals surface area contributed by atoms with Crippen LogP contribution in [0.3, 0.4) is 0 Å². The first-order valence-corrected chi connectivity index (χ1v) is 9.36. The standard InChI is InChI=1S/C18H35N3O3/c1-16(2)14-19-17(22)18(4-6-20(3)7-5-18)15-24-13-10-21-8-11-23-12-9-21/h16H,4-15H2,1-3H3,(H,19,22). The molecule has 1 N–H and O–H groups in total. The Kier molecular flexibility index (Phi) is 7.94. The van der Waals surface area contributed by atoms with Crippen LogP contribution in [-0.4, -0.2) is 88.5 Å². The monoisotopic (exact) mass is 341 g/mol.